The van der Waals surface area contributed by atoms with Crippen molar-refractivity contribution in [1.29, 1.82) is 0 Å². The van der Waals surface area contributed by atoms with Gasteiger partial charge in [0, 0.05) is 0 Å². The highest BCUT2D eigenvalue weighted by atomic mass is 16.6. The molecule has 0 aromatic heterocycles. The average Bonchev–Trinajstić information content (AvgIpc) is 2.89. The molecule has 2 heteroatoms. The van der Waals surface area contributed by atoms with Gasteiger partial charge in [-0.05, 0) is 66.2 Å². The van der Waals surface area contributed by atoms with Crippen LogP contribution in [0.3, 0.4) is 0 Å². The lowest BCUT2D eigenvalue weighted by molar-refractivity contribution is -0.137. The fraction of sp³-hybridized carbons (Fsp3) is 0.613. The SMILES string of the molecule is CCCCCCC[C@@H]1CO[C@@H](c2ccc(-c3ccc(C4CCC(CC)CC4)cc3)cc2)CO1. The molecule has 2 aliphatic rings. The maximum Gasteiger partial charge on any atom is 0.106 e. The van der Waals surface area contributed by atoms with Crippen molar-refractivity contribution in [2.45, 2.75) is 103 Å². The van der Waals surface area contributed by atoms with Crippen LogP contribution in [-0.4, -0.2) is 19.3 Å². The Hall–Kier alpha value is -1.64. The molecule has 2 aromatic carbocycles. The Balaban J connectivity index is 1.25. The molecule has 0 amide bonds. The molecule has 0 N–H and O–H groups in total. The minimum absolute atomic E-state index is 0.0658. The van der Waals surface area contributed by atoms with Crippen LogP contribution in [0.15, 0.2) is 48.5 Å². The van der Waals surface area contributed by atoms with Crippen molar-refractivity contribution in [3.05, 3.63) is 59.7 Å². The summed E-state index contributed by atoms with van der Waals surface area (Å²) in [6.07, 6.45) is 14.9. The van der Waals surface area contributed by atoms with Crippen molar-refractivity contribution in [3.8, 4) is 11.1 Å². The second kappa shape index (κ2) is 12.7. The summed E-state index contributed by atoms with van der Waals surface area (Å²) >= 11 is 0. The summed E-state index contributed by atoms with van der Waals surface area (Å²) in [5, 5.41) is 0. The van der Waals surface area contributed by atoms with Gasteiger partial charge in [0.05, 0.1) is 19.3 Å². The van der Waals surface area contributed by atoms with E-state index < -0.39 is 0 Å². The molecule has 33 heavy (non-hydrogen) atoms. The summed E-state index contributed by atoms with van der Waals surface area (Å²) in [5.41, 5.74) is 5.33. The average molecular weight is 449 g/mol. The smallest absolute Gasteiger partial charge is 0.106 e. The van der Waals surface area contributed by atoms with Crippen molar-refractivity contribution in [2.75, 3.05) is 13.2 Å². The lowest BCUT2D eigenvalue weighted by Crippen LogP contribution is -2.31. The van der Waals surface area contributed by atoms with Gasteiger partial charge in [-0.1, -0.05) is 101 Å². The first-order chi connectivity index (χ1) is 16.3. The molecule has 0 unspecified atom stereocenters. The molecule has 4 rings (SSSR count). The number of unbranched alkanes of at least 4 members (excludes halogenated alkanes) is 4. The molecule has 180 valence electrons. The highest BCUT2D eigenvalue weighted by molar-refractivity contribution is 5.64. The van der Waals surface area contributed by atoms with Crippen LogP contribution in [-0.2, 0) is 9.47 Å². The summed E-state index contributed by atoms with van der Waals surface area (Å²) in [5.74, 6) is 1.71. The Labute approximate surface area is 202 Å². The summed E-state index contributed by atoms with van der Waals surface area (Å²) in [4.78, 5) is 0. The Morgan fingerprint density at radius 3 is 1.88 bits per heavy atom. The van der Waals surface area contributed by atoms with Crippen LogP contribution in [0.2, 0.25) is 0 Å². The molecular weight excluding hydrogens is 404 g/mol. The standard InChI is InChI=1S/C31H44O2/c1-3-5-6-7-8-9-30-22-33-31(23-32-30)29-20-18-28(19-21-29)27-16-14-26(15-17-27)25-12-10-24(4-2)11-13-25/h14-21,24-25,30-31H,3-13,22-23H2,1-2H3/t24?,25?,30-,31-/m1/s1. The lowest BCUT2D eigenvalue weighted by Gasteiger charge is -2.30. The summed E-state index contributed by atoms with van der Waals surface area (Å²) in [7, 11) is 0. The highest BCUT2D eigenvalue weighted by Gasteiger charge is 2.23. The molecule has 1 aliphatic carbocycles. The Bertz CT molecular complexity index is 794. The van der Waals surface area contributed by atoms with E-state index in [0.717, 1.165) is 24.9 Å². The fourth-order valence-corrected chi connectivity index (χ4v) is 5.62. The molecule has 1 aliphatic heterocycles. The van der Waals surface area contributed by atoms with Gasteiger partial charge in [0.25, 0.3) is 0 Å². The van der Waals surface area contributed by atoms with Crippen LogP contribution in [0, 0.1) is 5.92 Å². The van der Waals surface area contributed by atoms with E-state index in [2.05, 4.69) is 62.4 Å². The van der Waals surface area contributed by atoms with Gasteiger partial charge in [0.1, 0.15) is 6.10 Å². The first-order valence-corrected chi connectivity index (χ1v) is 13.7. The van der Waals surface area contributed by atoms with Gasteiger partial charge >= 0.3 is 0 Å². The van der Waals surface area contributed by atoms with Crippen molar-refractivity contribution in [3.63, 3.8) is 0 Å². The maximum absolute atomic E-state index is 6.17. The molecule has 2 atom stereocenters. The van der Waals surface area contributed by atoms with Crippen LogP contribution in [0.25, 0.3) is 11.1 Å². The van der Waals surface area contributed by atoms with Gasteiger partial charge in [-0.3, -0.25) is 0 Å². The lowest BCUT2D eigenvalue weighted by atomic mass is 9.77. The number of ether oxygens (including phenoxy) is 2. The van der Waals surface area contributed by atoms with Crippen LogP contribution < -0.4 is 0 Å². The first kappa shape index (κ1) is 24.5. The molecule has 2 fully saturated rings. The van der Waals surface area contributed by atoms with E-state index in [1.807, 2.05) is 0 Å². The van der Waals surface area contributed by atoms with Gasteiger partial charge in [0.15, 0.2) is 0 Å². The number of rotatable bonds is 10. The molecule has 0 radical (unpaired) electrons. The first-order valence-electron chi connectivity index (χ1n) is 13.7. The third kappa shape index (κ3) is 6.93. The second-order valence-electron chi connectivity index (χ2n) is 10.4. The van der Waals surface area contributed by atoms with Gasteiger partial charge in [-0.2, -0.15) is 0 Å². The zero-order valence-electron chi connectivity index (χ0n) is 20.9. The molecule has 0 bridgehead atoms. The zero-order chi connectivity index (χ0) is 22.9. The van der Waals surface area contributed by atoms with Crippen molar-refractivity contribution in [2.24, 2.45) is 5.92 Å². The Kier molecular flexibility index (Phi) is 9.44. The van der Waals surface area contributed by atoms with Gasteiger partial charge in [-0.15, -0.1) is 0 Å². The van der Waals surface area contributed by atoms with Crippen molar-refractivity contribution >= 4 is 0 Å². The Morgan fingerprint density at radius 1 is 0.667 bits per heavy atom. The van der Waals surface area contributed by atoms with E-state index in [-0.39, 0.29) is 12.2 Å². The van der Waals surface area contributed by atoms with Crippen molar-refractivity contribution in [1.82, 2.24) is 0 Å². The van der Waals surface area contributed by atoms with Crippen LogP contribution in [0.1, 0.15) is 108 Å². The topological polar surface area (TPSA) is 18.5 Å². The number of hydrogen-bond acceptors (Lipinski definition) is 2. The van der Waals surface area contributed by atoms with Crippen molar-refractivity contribution < 1.29 is 9.47 Å². The Morgan fingerprint density at radius 2 is 1.30 bits per heavy atom. The summed E-state index contributed by atoms with van der Waals surface area (Å²) < 4.78 is 12.3. The van der Waals surface area contributed by atoms with Gasteiger partial charge < -0.3 is 9.47 Å². The second-order valence-corrected chi connectivity index (χ2v) is 10.4. The fourth-order valence-electron chi connectivity index (χ4n) is 5.62. The highest BCUT2D eigenvalue weighted by Crippen LogP contribution is 2.37. The molecule has 2 aromatic rings. The minimum atomic E-state index is 0.0658. The minimum Gasteiger partial charge on any atom is -0.373 e. The molecular formula is C31H44O2. The molecule has 1 saturated heterocycles. The zero-order valence-corrected chi connectivity index (χ0v) is 20.9. The third-order valence-electron chi connectivity index (χ3n) is 8.02. The molecule has 2 nitrogen and oxygen atoms in total. The molecule has 1 saturated carbocycles. The van der Waals surface area contributed by atoms with E-state index in [9.17, 15) is 0 Å². The monoisotopic (exact) mass is 448 g/mol. The molecule has 1 heterocycles. The van der Waals surface area contributed by atoms with E-state index >= 15 is 0 Å². The van der Waals surface area contributed by atoms with Gasteiger partial charge in [0.2, 0.25) is 0 Å². The number of benzene rings is 2. The quantitative estimate of drug-likeness (QED) is 0.338. The predicted octanol–water partition coefficient (Wildman–Crippen LogP) is 8.85. The molecule has 0 spiro atoms. The normalized spacial score (nSPS) is 25.8. The van der Waals surface area contributed by atoms with E-state index in [0.29, 0.717) is 6.61 Å². The largest absolute Gasteiger partial charge is 0.373 e. The summed E-state index contributed by atoms with van der Waals surface area (Å²) in [6, 6.07) is 18.2. The third-order valence-corrected chi connectivity index (χ3v) is 8.02. The maximum atomic E-state index is 6.17. The van der Waals surface area contributed by atoms with Crippen LogP contribution in [0.5, 0.6) is 0 Å². The van der Waals surface area contributed by atoms with Crippen LogP contribution >= 0.6 is 0 Å². The van der Waals surface area contributed by atoms with E-state index in [1.54, 1.807) is 0 Å². The van der Waals surface area contributed by atoms with Gasteiger partial charge in [-0.25, -0.2) is 0 Å². The number of hydrogen-bond donors (Lipinski definition) is 0. The summed E-state index contributed by atoms with van der Waals surface area (Å²) in [6.45, 7) is 6.00. The van der Waals surface area contributed by atoms with E-state index in [4.69, 9.17) is 9.47 Å². The van der Waals surface area contributed by atoms with Crippen LogP contribution in [0.4, 0.5) is 0 Å². The predicted molar refractivity (Wildman–Crippen MR) is 139 cm³/mol. The van der Waals surface area contributed by atoms with E-state index in [1.165, 1.54) is 86.5 Å².